The van der Waals surface area contributed by atoms with Crippen molar-refractivity contribution in [3.8, 4) is 0 Å². The summed E-state index contributed by atoms with van der Waals surface area (Å²) in [6.45, 7) is 4.03. The zero-order valence-corrected chi connectivity index (χ0v) is 3.82. The first-order valence-corrected chi connectivity index (χ1v) is 2.01. The van der Waals surface area contributed by atoms with Gasteiger partial charge in [-0.1, -0.05) is 6.58 Å². The van der Waals surface area contributed by atoms with E-state index in [1.807, 2.05) is 0 Å². The number of rotatable bonds is 0. The SMILES string of the molecule is C=C1CNNC1=O. The molecular weight excluding hydrogens is 92.1 g/mol. The van der Waals surface area contributed by atoms with Gasteiger partial charge in [0.2, 0.25) is 0 Å². The molecule has 1 fully saturated rings. The summed E-state index contributed by atoms with van der Waals surface area (Å²) in [7, 11) is 0. The maximum atomic E-state index is 10.3. The van der Waals surface area contributed by atoms with Crippen LogP contribution in [0, 0.1) is 0 Å². The molecular formula is C4H6N2O. The van der Waals surface area contributed by atoms with E-state index in [-0.39, 0.29) is 5.91 Å². The van der Waals surface area contributed by atoms with Crippen molar-refractivity contribution in [1.29, 1.82) is 0 Å². The summed E-state index contributed by atoms with van der Waals surface area (Å²) in [5.74, 6) is -0.0972. The highest BCUT2D eigenvalue weighted by Crippen LogP contribution is 1.89. The van der Waals surface area contributed by atoms with E-state index in [2.05, 4.69) is 17.4 Å². The van der Waals surface area contributed by atoms with Gasteiger partial charge in [0, 0.05) is 12.1 Å². The van der Waals surface area contributed by atoms with Gasteiger partial charge in [0.25, 0.3) is 5.91 Å². The van der Waals surface area contributed by atoms with E-state index in [1.54, 1.807) is 0 Å². The van der Waals surface area contributed by atoms with Gasteiger partial charge in [-0.2, -0.15) is 0 Å². The van der Waals surface area contributed by atoms with Crippen LogP contribution in [0.15, 0.2) is 12.2 Å². The Morgan fingerprint density at radius 1 is 1.71 bits per heavy atom. The van der Waals surface area contributed by atoms with Crippen LogP contribution < -0.4 is 10.9 Å². The predicted molar refractivity (Wildman–Crippen MR) is 25.3 cm³/mol. The Bertz CT molecular complexity index is 105. The second-order valence-electron chi connectivity index (χ2n) is 1.41. The molecule has 0 atom stereocenters. The molecule has 1 aliphatic rings. The minimum absolute atomic E-state index is 0.0972. The Morgan fingerprint density at radius 2 is 2.43 bits per heavy atom. The smallest absolute Gasteiger partial charge is 0.262 e. The number of hydrazine groups is 1. The van der Waals surface area contributed by atoms with Crippen molar-refractivity contribution in [2.75, 3.05) is 6.54 Å². The highest BCUT2D eigenvalue weighted by atomic mass is 16.2. The largest absolute Gasteiger partial charge is 0.287 e. The topological polar surface area (TPSA) is 41.1 Å². The average Bonchev–Trinajstić information content (AvgIpc) is 1.91. The quantitative estimate of drug-likeness (QED) is 0.388. The normalized spacial score (nSPS) is 20.0. The summed E-state index contributed by atoms with van der Waals surface area (Å²) in [5.41, 5.74) is 5.60. The van der Waals surface area contributed by atoms with Crippen molar-refractivity contribution in [2.24, 2.45) is 0 Å². The van der Waals surface area contributed by atoms with Crippen molar-refractivity contribution in [1.82, 2.24) is 10.9 Å². The molecule has 2 N–H and O–H groups in total. The van der Waals surface area contributed by atoms with Gasteiger partial charge in [-0.05, 0) is 0 Å². The third-order valence-electron chi connectivity index (χ3n) is 0.825. The predicted octanol–water partition coefficient (Wildman–Crippen LogP) is -0.823. The summed E-state index contributed by atoms with van der Waals surface area (Å²) in [6, 6.07) is 0. The van der Waals surface area contributed by atoms with Gasteiger partial charge in [0.05, 0.1) is 0 Å². The van der Waals surface area contributed by atoms with Crippen LogP contribution in [0.25, 0.3) is 0 Å². The van der Waals surface area contributed by atoms with E-state index < -0.39 is 0 Å². The number of hydrogen-bond donors (Lipinski definition) is 2. The summed E-state index contributed by atoms with van der Waals surface area (Å²) in [6.07, 6.45) is 0. The summed E-state index contributed by atoms with van der Waals surface area (Å²) in [4.78, 5) is 10.3. The van der Waals surface area contributed by atoms with Gasteiger partial charge in [-0.15, -0.1) is 0 Å². The maximum Gasteiger partial charge on any atom is 0.262 e. The first kappa shape index (κ1) is 4.33. The van der Waals surface area contributed by atoms with E-state index >= 15 is 0 Å². The Balaban J connectivity index is 2.65. The van der Waals surface area contributed by atoms with Gasteiger partial charge < -0.3 is 0 Å². The molecule has 0 spiro atoms. The molecule has 1 amide bonds. The summed E-state index contributed by atoms with van der Waals surface area (Å²) >= 11 is 0. The molecule has 0 aromatic carbocycles. The number of hydrogen-bond acceptors (Lipinski definition) is 2. The number of carbonyl (C=O) groups is 1. The van der Waals surface area contributed by atoms with Gasteiger partial charge in [-0.25, -0.2) is 5.43 Å². The van der Waals surface area contributed by atoms with Crippen molar-refractivity contribution in [3.63, 3.8) is 0 Å². The van der Waals surface area contributed by atoms with Crippen LogP contribution in [0.3, 0.4) is 0 Å². The third-order valence-corrected chi connectivity index (χ3v) is 0.825. The van der Waals surface area contributed by atoms with Crippen molar-refractivity contribution < 1.29 is 4.79 Å². The molecule has 1 rings (SSSR count). The maximum absolute atomic E-state index is 10.3. The lowest BCUT2D eigenvalue weighted by Crippen LogP contribution is -2.25. The lowest BCUT2D eigenvalue weighted by molar-refractivity contribution is -0.116. The second kappa shape index (κ2) is 1.35. The number of carbonyl (C=O) groups excluding carboxylic acids is 1. The van der Waals surface area contributed by atoms with E-state index in [4.69, 9.17) is 0 Å². The van der Waals surface area contributed by atoms with E-state index in [0.29, 0.717) is 12.1 Å². The highest BCUT2D eigenvalue weighted by Gasteiger charge is 2.11. The van der Waals surface area contributed by atoms with E-state index in [0.717, 1.165) is 0 Å². The van der Waals surface area contributed by atoms with Crippen LogP contribution in [0.1, 0.15) is 0 Å². The molecule has 0 bridgehead atoms. The lowest BCUT2D eigenvalue weighted by Gasteiger charge is -1.82. The molecule has 1 saturated heterocycles. The molecule has 1 aliphatic heterocycles. The zero-order chi connectivity index (χ0) is 5.28. The molecule has 0 aromatic rings. The van der Waals surface area contributed by atoms with Crippen LogP contribution in [-0.2, 0) is 4.79 Å². The fraction of sp³-hybridized carbons (Fsp3) is 0.250. The van der Waals surface area contributed by atoms with Gasteiger partial charge >= 0.3 is 0 Å². The Hall–Kier alpha value is -0.830. The van der Waals surface area contributed by atoms with Gasteiger partial charge in [-0.3, -0.25) is 10.2 Å². The van der Waals surface area contributed by atoms with E-state index in [1.165, 1.54) is 0 Å². The summed E-state index contributed by atoms with van der Waals surface area (Å²) < 4.78 is 0. The molecule has 3 nitrogen and oxygen atoms in total. The van der Waals surface area contributed by atoms with Crippen LogP contribution in [-0.4, -0.2) is 12.5 Å². The van der Waals surface area contributed by atoms with Crippen LogP contribution >= 0.6 is 0 Å². The molecule has 0 radical (unpaired) electrons. The molecule has 3 heteroatoms. The number of nitrogens with one attached hydrogen (secondary N) is 2. The Kier molecular flexibility index (Phi) is 0.834. The first-order valence-electron chi connectivity index (χ1n) is 2.01. The second-order valence-corrected chi connectivity index (χ2v) is 1.41. The van der Waals surface area contributed by atoms with Crippen molar-refractivity contribution in [2.45, 2.75) is 0 Å². The zero-order valence-electron chi connectivity index (χ0n) is 3.82. The minimum atomic E-state index is -0.0972. The van der Waals surface area contributed by atoms with Crippen LogP contribution in [0.5, 0.6) is 0 Å². The Labute approximate surface area is 41.4 Å². The van der Waals surface area contributed by atoms with Crippen LogP contribution in [0.4, 0.5) is 0 Å². The molecule has 0 aromatic heterocycles. The third kappa shape index (κ3) is 0.618. The monoisotopic (exact) mass is 98.0 g/mol. The van der Waals surface area contributed by atoms with Crippen LogP contribution in [0.2, 0.25) is 0 Å². The fourth-order valence-electron chi connectivity index (χ4n) is 0.400. The van der Waals surface area contributed by atoms with Gasteiger partial charge in [0.1, 0.15) is 0 Å². The standard InChI is InChI=1S/C4H6N2O/c1-3-2-5-6-4(3)7/h5H,1-2H2,(H,6,7). The molecule has 0 aliphatic carbocycles. The first-order chi connectivity index (χ1) is 3.30. The molecule has 38 valence electrons. The lowest BCUT2D eigenvalue weighted by atomic mass is 10.3. The minimum Gasteiger partial charge on any atom is -0.287 e. The fourth-order valence-corrected chi connectivity index (χ4v) is 0.400. The molecule has 0 unspecified atom stereocenters. The van der Waals surface area contributed by atoms with Gasteiger partial charge in [0.15, 0.2) is 0 Å². The molecule has 0 saturated carbocycles. The van der Waals surface area contributed by atoms with Crippen molar-refractivity contribution >= 4 is 5.91 Å². The van der Waals surface area contributed by atoms with E-state index in [9.17, 15) is 4.79 Å². The number of amides is 1. The average molecular weight is 98.1 g/mol. The Morgan fingerprint density at radius 3 is 2.57 bits per heavy atom. The summed E-state index contributed by atoms with van der Waals surface area (Å²) in [5, 5.41) is 0. The highest BCUT2D eigenvalue weighted by molar-refractivity contribution is 5.94. The molecule has 7 heavy (non-hydrogen) atoms. The van der Waals surface area contributed by atoms with Crippen molar-refractivity contribution in [3.05, 3.63) is 12.2 Å². The molecule has 1 heterocycles.